The summed E-state index contributed by atoms with van der Waals surface area (Å²) in [5, 5.41) is 6.70. The molecule has 0 aliphatic rings. The van der Waals surface area contributed by atoms with Crippen LogP contribution >= 0.6 is 0 Å². The minimum atomic E-state index is -3.39. The van der Waals surface area contributed by atoms with E-state index >= 15 is 0 Å². The van der Waals surface area contributed by atoms with Crippen molar-refractivity contribution in [1.82, 2.24) is 19.8 Å². The Morgan fingerprint density at radius 1 is 1.14 bits per heavy atom. The number of aliphatic imine (C=N–C) groups is 1. The van der Waals surface area contributed by atoms with Crippen LogP contribution in [-0.2, 0) is 16.6 Å². The monoisotopic (exact) mass is 411 g/mol. The van der Waals surface area contributed by atoms with Crippen LogP contribution < -0.4 is 10.6 Å². The average molecular weight is 412 g/mol. The zero-order valence-electron chi connectivity index (χ0n) is 18.2. The second-order valence-electron chi connectivity index (χ2n) is 7.07. The number of rotatable bonds is 11. The van der Waals surface area contributed by atoms with Gasteiger partial charge in [-0.05, 0) is 57.1 Å². The predicted molar refractivity (Wildman–Crippen MR) is 117 cm³/mol. The van der Waals surface area contributed by atoms with Crippen molar-refractivity contribution in [2.75, 3.05) is 40.8 Å². The summed E-state index contributed by atoms with van der Waals surface area (Å²) in [5.74, 6) is 0.750. The third-order valence-electron chi connectivity index (χ3n) is 4.77. The van der Waals surface area contributed by atoms with Crippen molar-refractivity contribution in [3.8, 4) is 0 Å². The minimum Gasteiger partial charge on any atom is -0.354 e. The molecule has 8 heteroatoms. The largest absolute Gasteiger partial charge is 0.354 e. The molecular formula is C20H37N5O2S. The Morgan fingerprint density at radius 2 is 1.75 bits per heavy atom. The van der Waals surface area contributed by atoms with E-state index in [1.54, 1.807) is 19.2 Å². The van der Waals surface area contributed by atoms with Crippen LogP contribution in [0.2, 0.25) is 0 Å². The number of nitrogens with one attached hydrogen (secondary N) is 2. The highest BCUT2D eigenvalue weighted by atomic mass is 32.2. The Balaban J connectivity index is 2.49. The maximum Gasteiger partial charge on any atom is 0.242 e. The summed E-state index contributed by atoms with van der Waals surface area (Å²) in [6.45, 7) is 10.4. The third kappa shape index (κ3) is 7.77. The Hall–Kier alpha value is -1.64. The third-order valence-corrected chi connectivity index (χ3v) is 6.60. The van der Waals surface area contributed by atoms with Crippen molar-refractivity contribution in [1.29, 1.82) is 0 Å². The molecule has 0 saturated carbocycles. The highest BCUT2D eigenvalue weighted by molar-refractivity contribution is 7.89. The molecule has 0 fully saturated rings. The highest BCUT2D eigenvalue weighted by Gasteiger charge is 2.16. The van der Waals surface area contributed by atoms with Gasteiger partial charge in [0.05, 0.1) is 4.90 Å². The van der Waals surface area contributed by atoms with E-state index in [0.29, 0.717) is 17.5 Å². The van der Waals surface area contributed by atoms with Crippen molar-refractivity contribution in [2.24, 2.45) is 4.99 Å². The fourth-order valence-corrected chi connectivity index (χ4v) is 3.74. The van der Waals surface area contributed by atoms with Crippen LogP contribution in [0.15, 0.2) is 34.2 Å². The maximum absolute atomic E-state index is 12.1. The van der Waals surface area contributed by atoms with Crippen LogP contribution in [0.3, 0.4) is 0 Å². The Morgan fingerprint density at radius 3 is 2.25 bits per heavy atom. The Labute approximate surface area is 171 Å². The molecule has 2 N–H and O–H groups in total. The van der Waals surface area contributed by atoms with Crippen molar-refractivity contribution in [3.63, 3.8) is 0 Å². The number of nitrogens with zero attached hydrogens (tertiary/aromatic N) is 3. The number of sulfonamides is 1. The fraction of sp³-hybridized carbons (Fsp3) is 0.650. The van der Waals surface area contributed by atoms with Crippen molar-refractivity contribution < 1.29 is 8.42 Å². The van der Waals surface area contributed by atoms with Crippen LogP contribution in [0, 0.1) is 0 Å². The van der Waals surface area contributed by atoms with Gasteiger partial charge < -0.3 is 15.5 Å². The van der Waals surface area contributed by atoms with E-state index in [4.69, 9.17) is 0 Å². The van der Waals surface area contributed by atoms with E-state index < -0.39 is 10.0 Å². The summed E-state index contributed by atoms with van der Waals surface area (Å²) in [6.07, 6.45) is 2.23. The minimum absolute atomic E-state index is 0.297. The zero-order chi connectivity index (χ0) is 21.2. The number of benzene rings is 1. The van der Waals surface area contributed by atoms with Gasteiger partial charge in [0.1, 0.15) is 0 Å². The van der Waals surface area contributed by atoms with Crippen LogP contribution in [0.25, 0.3) is 0 Å². The summed E-state index contributed by atoms with van der Waals surface area (Å²) >= 11 is 0. The van der Waals surface area contributed by atoms with E-state index in [1.807, 2.05) is 12.1 Å². The van der Waals surface area contributed by atoms with Crippen molar-refractivity contribution in [3.05, 3.63) is 29.8 Å². The van der Waals surface area contributed by atoms with Crippen LogP contribution in [0.1, 0.15) is 39.2 Å². The summed E-state index contributed by atoms with van der Waals surface area (Å²) in [4.78, 5) is 7.01. The molecule has 0 spiro atoms. The molecule has 0 heterocycles. The molecule has 1 aromatic rings. The first-order chi connectivity index (χ1) is 13.2. The maximum atomic E-state index is 12.1. The molecule has 0 aromatic heterocycles. The van der Waals surface area contributed by atoms with Gasteiger partial charge in [0.25, 0.3) is 0 Å². The molecule has 0 aliphatic carbocycles. The Bertz CT molecular complexity index is 698. The van der Waals surface area contributed by atoms with Crippen molar-refractivity contribution in [2.45, 2.75) is 51.1 Å². The lowest BCUT2D eigenvalue weighted by molar-refractivity contribution is 0.292. The van der Waals surface area contributed by atoms with Gasteiger partial charge in [0, 0.05) is 33.7 Å². The quantitative estimate of drug-likeness (QED) is 0.431. The van der Waals surface area contributed by atoms with Gasteiger partial charge in [-0.15, -0.1) is 0 Å². The first kappa shape index (κ1) is 24.4. The molecule has 1 atom stereocenters. The first-order valence-corrected chi connectivity index (χ1v) is 11.4. The molecule has 1 aromatic carbocycles. The smallest absolute Gasteiger partial charge is 0.242 e. The fourth-order valence-electron chi connectivity index (χ4n) is 2.84. The van der Waals surface area contributed by atoms with Crippen LogP contribution in [0.5, 0.6) is 0 Å². The summed E-state index contributed by atoms with van der Waals surface area (Å²) in [6, 6.07) is 7.25. The van der Waals surface area contributed by atoms with Gasteiger partial charge >= 0.3 is 0 Å². The van der Waals surface area contributed by atoms with Gasteiger partial charge in [-0.1, -0.05) is 26.0 Å². The van der Waals surface area contributed by atoms with Crippen LogP contribution in [-0.4, -0.2) is 70.4 Å². The number of hydrogen-bond acceptors (Lipinski definition) is 4. The van der Waals surface area contributed by atoms with Crippen LogP contribution in [0.4, 0.5) is 0 Å². The lowest BCUT2D eigenvalue weighted by atomic mass is 10.2. The first-order valence-electron chi connectivity index (χ1n) is 9.95. The highest BCUT2D eigenvalue weighted by Crippen LogP contribution is 2.13. The second kappa shape index (κ2) is 12.0. The number of guanidine groups is 1. The van der Waals surface area contributed by atoms with Gasteiger partial charge in [0.15, 0.2) is 5.96 Å². The van der Waals surface area contributed by atoms with Gasteiger partial charge in [-0.25, -0.2) is 12.7 Å². The molecule has 0 saturated heterocycles. The molecule has 0 aliphatic heterocycles. The predicted octanol–water partition coefficient (Wildman–Crippen LogP) is 2.11. The SMILES string of the molecule is CCN(CC)CCCC(C)NC(=NC)NCc1ccc(S(=O)(=O)N(C)C)cc1. The summed E-state index contributed by atoms with van der Waals surface area (Å²) in [7, 11) is 1.43. The van der Waals surface area contributed by atoms with E-state index in [0.717, 1.165) is 44.0 Å². The average Bonchev–Trinajstić information content (AvgIpc) is 2.68. The molecular weight excluding hydrogens is 374 g/mol. The molecule has 160 valence electrons. The normalized spacial score (nSPS) is 13.8. The van der Waals surface area contributed by atoms with Gasteiger partial charge in [-0.2, -0.15) is 0 Å². The molecule has 0 bridgehead atoms. The lowest BCUT2D eigenvalue weighted by Gasteiger charge is -2.21. The van der Waals surface area contributed by atoms with Gasteiger partial charge in [-0.3, -0.25) is 4.99 Å². The number of hydrogen-bond donors (Lipinski definition) is 2. The summed E-state index contributed by atoms with van der Waals surface area (Å²) in [5.41, 5.74) is 0.995. The lowest BCUT2D eigenvalue weighted by Crippen LogP contribution is -2.42. The zero-order valence-corrected chi connectivity index (χ0v) is 19.0. The van der Waals surface area contributed by atoms with Gasteiger partial charge in [0.2, 0.25) is 10.0 Å². The molecule has 1 unspecified atom stereocenters. The molecule has 0 radical (unpaired) electrons. The molecule has 7 nitrogen and oxygen atoms in total. The van der Waals surface area contributed by atoms with Crippen molar-refractivity contribution >= 4 is 16.0 Å². The summed E-state index contributed by atoms with van der Waals surface area (Å²) < 4.78 is 25.5. The second-order valence-corrected chi connectivity index (χ2v) is 9.22. The van der Waals surface area contributed by atoms with E-state index in [1.165, 1.54) is 18.4 Å². The molecule has 28 heavy (non-hydrogen) atoms. The van der Waals surface area contributed by atoms with E-state index in [-0.39, 0.29) is 0 Å². The van der Waals surface area contributed by atoms with E-state index in [2.05, 4.69) is 41.3 Å². The van der Waals surface area contributed by atoms with E-state index in [9.17, 15) is 8.42 Å². The molecule has 0 amide bonds. The standard InChI is InChI=1S/C20H37N5O2S/c1-7-25(8-2)15-9-10-17(3)23-20(21-4)22-16-18-11-13-19(14-12-18)28(26,27)24(5)6/h11-14,17H,7-10,15-16H2,1-6H3,(H2,21,22,23). The molecule has 1 rings (SSSR count). The topological polar surface area (TPSA) is 77.0 Å². The Kier molecular flexibility index (Phi) is 10.5.